The van der Waals surface area contributed by atoms with Gasteiger partial charge in [0.25, 0.3) is 0 Å². The third kappa shape index (κ3) is 6.23. The maximum Gasteiger partial charge on any atom is 0.0320 e. The molecule has 0 aliphatic rings. The Morgan fingerprint density at radius 2 is 2.10 bits per heavy atom. The molecule has 0 aliphatic carbocycles. The molecule has 0 aliphatic heterocycles. The van der Waals surface area contributed by atoms with Crippen molar-refractivity contribution in [3.8, 4) is 0 Å². The van der Waals surface area contributed by atoms with Crippen LogP contribution in [0.1, 0.15) is 62.6 Å². The van der Waals surface area contributed by atoms with Crippen molar-refractivity contribution in [1.29, 1.82) is 0 Å². The molecule has 1 nitrogen and oxygen atoms in total. The van der Waals surface area contributed by atoms with E-state index in [4.69, 9.17) is 0 Å². The molecule has 1 aromatic rings. The molecule has 1 unspecified atom stereocenters. The van der Waals surface area contributed by atoms with E-state index in [-0.39, 0.29) is 0 Å². The van der Waals surface area contributed by atoms with Gasteiger partial charge in [0.1, 0.15) is 0 Å². The van der Waals surface area contributed by atoms with Gasteiger partial charge in [-0.25, -0.2) is 0 Å². The molecule has 0 radical (unpaired) electrons. The summed E-state index contributed by atoms with van der Waals surface area (Å²) in [6, 6.07) is 7.21. The van der Waals surface area contributed by atoms with Gasteiger partial charge in [-0.1, -0.05) is 53.9 Å². The van der Waals surface area contributed by atoms with Crippen LogP contribution in [0.25, 0.3) is 0 Å². The van der Waals surface area contributed by atoms with Crippen molar-refractivity contribution in [2.24, 2.45) is 0 Å². The Kier molecular flexibility index (Phi) is 8.88. The number of hydrogen-bond acceptors (Lipinski definition) is 1. The second-order valence-electron chi connectivity index (χ2n) is 5.44. The molecule has 0 fully saturated rings. The molecule has 20 heavy (non-hydrogen) atoms. The standard InChI is InChI=1S/C18H28BrN/c1-4-6-7-8-9-10-18(20-13-5-2)16-11-12-17(19)15(3)14-16/h4,11-12,14,18,20H,1,5-10,13H2,2-3H3. The van der Waals surface area contributed by atoms with E-state index in [0.717, 1.165) is 13.0 Å². The van der Waals surface area contributed by atoms with Gasteiger partial charge in [-0.15, -0.1) is 6.58 Å². The Balaban J connectivity index is 2.57. The van der Waals surface area contributed by atoms with Gasteiger partial charge in [0.2, 0.25) is 0 Å². The highest BCUT2D eigenvalue weighted by Crippen LogP contribution is 2.25. The van der Waals surface area contributed by atoms with Gasteiger partial charge in [-0.05, 0) is 56.3 Å². The summed E-state index contributed by atoms with van der Waals surface area (Å²) in [5, 5.41) is 3.69. The van der Waals surface area contributed by atoms with Crippen molar-refractivity contribution < 1.29 is 0 Å². The first-order chi connectivity index (χ1) is 9.69. The van der Waals surface area contributed by atoms with Crippen molar-refractivity contribution in [3.63, 3.8) is 0 Å². The minimum absolute atomic E-state index is 0.491. The van der Waals surface area contributed by atoms with Crippen molar-refractivity contribution in [3.05, 3.63) is 46.5 Å². The Morgan fingerprint density at radius 1 is 1.30 bits per heavy atom. The second kappa shape index (κ2) is 10.2. The first-order valence-corrected chi connectivity index (χ1v) is 8.58. The van der Waals surface area contributed by atoms with Crippen LogP contribution in [-0.2, 0) is 0 Å². The molecule has 1 rings (SSSR count). The van der Waals surface area contributed by atoms with Gasteiger partial charge in [-0.3, -0.25) is 0 Å². The predicted octanol–water partition coefficient (Wildman–Crippen LogP) is 5.93. The van der Waals surface area contributed by atoms with Gasteiger partial charge in [-0.2, -0.15) is 0 Å². The smallest absolute Gasteiger partial charge is 0.0320 e. The highest BCUT2D eigenvalue weighted by molar-refractivity contribution is 9.10. The highest BCUT2D eigenvalue weighted by Gasteiger charge is 2.11. The van der Waals surface area contributed by atoms with Crippen molar-refractivity contribution in [2.75, 3.05) is 6.54 Å². The molecule has 2 heteroatoms. The molecule has 112 valence electrons. The number of rotatable bonds is 10. The normalized spacial score (nSPS) is 12.3. The van der Waals surface area contributed by atoms with Crippen LogP contribution < -0.4 is 5.32 Å². The summed E-state index contributed by atoms with van der Waals surface area (Å²) in [5.41, 5.74) is 2.74. The van der Waals surface area contributed by atoms with Crippen LogP contribution in [0.5, 0.6) is 0 Å². The minimum atomic E-state index is 0.491. The maximum atomic E-state index is 3.78. The van der Waals surface area contributed by atoms with Gasteiger partial charge < -0.3 is 5.32 Å². The lowest BCUT2D eigenvalue weighted by atomic mass is 9.98. The van der Waals surface area contributed by atoms with Crippen LogP contribution in [-0.4, -0.2) is 6.54 Å². The third-order valence-electron chi connectivity index (χ3n) is 3.63. The molecule has 0 amide bonds. The van der Waals surface area contributed by atoms with Gasteiger partial charge >= 0.3 is 0 Å². The average Bonchev–Trinajstić information content (AvgIpc) is 2.45. The monoisotopic (exact) mass is 337 g/mol. The topological polar surface area (TPSA) is 12.0 Å². The summed E-state index contributed by atoms with van der Waals surface area (Å²) in [7, 11) is 0. The molecule has 0 spiro atoms. The zero-order chi connectivity index (χ0) is 14.8. The fraction of sp³-hybridized carbons (Fsp3) is 0.556. The van der Waals surface area contributed by atoms with Crippen LogP contribution in [0.4, 0.5) is 0 Å². The fourth-order valence-electron chi connectivity index (χ4n) is 2.40. The van der Waals surface area contributed by atoms with Crippen LogP contribution in [0, 0.1) is 6.92 Å². The van der Waals surface area contributed by atoms with E-state index in [2.05, 4.69) is 59.9 Å². The minimum Gasteiger partial charge on any atom is -0.310 e. The average molecular weight is 338 g/mol. The van der Waals surface area contributed by atoms with Gasteiger partial charge in [0, 0.05) is 10.5 Å². The van der Waals surface area contributed by atoms with E-state index in [1.807, 2.05) is 6.08 Å². The van der Waals surface area contributed by atoms with E-state index in [1.54, 1.807) is 0 Å². The largest absolute Gasteiger partial charge is 0.310 e. The lowest BCUT2D eigenvalue weighted by Gasteiger charge is -2.20. The summed E-state index contributed by atoms with van der Waals surface area (Å²) in [4.78, 5) is 0. The summed E-state index contributed by atoms with van der Waals surface area (Å²) in [6.07, 6.45) is 9.41. The zero-order valence-electron chi connectivity index (χ0n) is 12.9. The van der Waals surface area contributed by atoms with Gasteiger partial charge in [0.15, 0.2) is 0 Å². The summed E-state index contributed by atoms with van der Waals surface area (Å²) < 4.78 is 1.20. The van der Waals surface area contributed by atoms with E-state index in [0.29, 0.717) is 6.04 Å². The Hall–Kier alpha value is -0.600. The van der Waals surface area contributed by atoms with Crippen LogP contribution in [0.15, 0.2) is 35.3 Å². The molecule has 0 saturated carbocycles. The predicted molar refractivity (Wildman–Crippen MR) is 93.2 cm³/mol. The van der Waals surface area contributed by atoms with Crippen molar-refractivity contribution in [2.45, 2.75) is 58.4 Å². The van der Waals surface area contributed by atoms with Crippen molar-refractivity contribution >= 4 is 15.9 Å². The molecule has 0 heterocycles. The third-order valence-corrected chi connectivity index (χ3v) is 4.52. The number of allylic oxidation sites excluding steroid dienone is 1. The molecular formula is C18H28BrN. The molecule has 0 bridgehead atoms. The Morgan fingerprint density at radius 3 is 2.75 bits per heavy atom. The fourth-order valence-corrected chi connectivity index (χ4v) is 2.65. The molecule has 0 aromatic heterocycles. The number of unbranched alkanes of at least 4 members (excludes halogenated alkanes) is 3. The zero-order valence-corrected chi connectivity index (χ0v) is 14.5. The number of nitrogens with one attached hydrogen (secondary N) is 1. The first kappa shape index (κ1) is 17.5. The molecule has 1 N–H and O–H groups in total. The van der Waals surface area contributed by atoms with Crippen LogP contribution in [0.3, 0.4) is 0 Å². The number of aryl methyl sites for hydroxylation is 1. The summed E-state index contributed by atoms with van der Waals surface area (Å²) in [5.74, 6) is 0. The molecular weight excluding hydrogens is 310 g/mol. The van der Waals surface area contributed by atoms with E-state index in [9.17, 15) is 0 Å². The lowest BCUT2D eigenvalue weighted by Crippen LogP contribution is -2.22. The Labute approximate surface area is 133 Å². The number of benzene rings is 1. The van der Waals surface area contributed by atoms with E-state index in [1.165, 1.54) is 47.7 Å². The van der Waals surface area contributed by atoms with E-state index < -0.39 is 0 Å². The Bertz CT molecular complexity index is 400. The maximum absolute atomic E-state index is 3.78. The summed E-state index contributed by atoms with van der Waals surface area (Å²) in [6.45, 7) is 9.26. The lowest BCUT2D eigenvalue weighted by molar-refractivity contribution is 0.472. The SMILES string of the molecule is C=CCCCCCC(NCCC)c1ccc(Br)c(C)c1. The van der Waals surface area contributed by atoms with Crippen molar-refractivity contribution in [1.82, 2.24) is 5.32 Å². The number of halogens is 1. The highest BCUT2D eigenvalue weighted by atomic mass is 79.9. The number of hydrogen-bond donors (Lipinski definition) is 1. The van der Waals surface area contributed by atoms with Crippen LogP contribution >= 0.6 is 15.9 Å². The quantitative estimate of drug-likeness (QED) is 0.411. The van der Waals surface area contributed by atoms with Gasteiger partial charge in [0.05, 0.1) is 0 Å². The van der Waals surface area contributed by atoms with E-state index >= 15 is 0 Å². The van der Waals surface area contributed by atoms with Crippen LogP contribution in [0.2, 0.25) is 0 Å². The second-order valence-corrected chi connectivity index (χ2v) is 6.30. The first-order valence-electron chi connectivity index (χ1n) is 7.79. The molecule has 1 atom stereocenters. The summed E-state index contributed by atoms with van der Waals surface area (Å²) >= 11 is 3.58. The molecule has 0 saturated heterocycles. The molecule has 1 aromatic carbocycles.